The molecule has 0 bridgehead atoms. The Morgan fingerprint density at radius 2 is 2.27 bits per heavy atom. The van der Waals surface area contributed by atoms with Gasteiger partial charge in [0.05, 0.1) is 6.61 Å². The van der Waals surface area contributed by atoms with E-state index in [9.17, 15) is 0 Å². The van der Waals surface area contributed by atoms with Gasteiger partial charge >= 0.3 is 0 Å². The van der Waals surface area contributed by atoms with Gasteiger partial charge < -0.3 is 9.47 Å². The molecule has 1 heterocycles. The van der Waals surface area contributed by atoms with E-state index in [0.717, 1.165) is 17.9 Å². The summed E-state index contributed by atoms with van der Waals surface area (Å²) in [6.07, 6.45) is 0. The number of thioether (sulfide) groups is 1. The molecule has 1 aromatic rings. The van der Waals surface area contributed by atoms with Crippen molar-refractivity contribution in [3.05, 3.63) is 42.5 Å². The van der Waals surface area contributed by atoms with Gasteiger partial charge in [-0.3, -0.25) is 0 Å². The van der Waals surface area contributed by atoms with Gasteiger partial charge in [-0.1, -0.05) is 36.9 Å². The van der Waals surface area contributed by atoms with Crippen molar-refractivity contribution < 1.29 is 9.47 Å². The fraction of sp³-hybridized carbons (Fsp3) is 0.333. The molecule has 3 heteroatoms. The van der Waals surface area contributed by atoms with Crippen molar-refractivity contribution in [2.45, 2.75) is 5.44 Å². The molecule has 1 unspecified atom stereocenters. The van der Waals surface area contributed by atoms with Crippen molar-refractivity contribution in [3.63, 3.8) is 0 Å². The summed E-state index contributed by atoms with van der Waals surface area (Å²) in [4.78, 5) is 0. The summed E-state index contributed by atoms with van der Waals surface area (Å²) in [5.41, 5.74) is 1.20. The Balaban J connectivity index is 1.82. The normalized spacial score (nSPS) is 20.1. The van der Waals surface area contributed by atoms with Gasteiger partial charge in [0.25, 0.3) is 0 Å². The lowest BCUT2D eigenvalue weighted by atomic mass is 10.2. The summed E-state index contributed by atoms with van der Waals surface area (Å²) >= 11 is 1.79. The maximum absolute atomic E-state index is 5.57. The van der Waals surface area contributed by atoms with Crippen LogP contribution in [0.4, 0.5) is 0 Å². The maximum Gasteiger partial charge on any atom is 0.137 e. The van der Waals surface area contributed by atoms with Crippen LogP contribution in [0.3, 0.4) is 0 Å². The Bertz CT molecular complexity index is 318. The maximum atomic E-state index is 5.57. The van der Waals surface area contributed by atoms with Crippen LogP contribution < -0.4 is 0 Å². The van der Waals surface area contributed by atoms with Gasteiger partial charge in [-0.25, -0.2) is 0 Å². The van der Waals surface area contributed by atoms with Crippen molar-refractivity contribution in [3.8, 4) is 0 Å². The van der Waals surface area contributed by atoms with Crippen LogP contribution >= 0.6 is 11.8 Å². The van der Waals surface area contributed by atoms with E-state index in [1.165, 1.54) is 0 Å². The Morgan fingerprint density at radius 1 is 1.47 bits per heavy atom. The molecule has 1 aliphatic rings. The highest BCUT2D eigenvalue weighted by Gasteiger charge is 2.16. The van der Waals surface area contributed by atoms with E-state index in [-0.39, 0.29) is 5.44 Å². The zero-order chi connectivity index (χ0) is 10.5. The average molecular weight is 222 g/mol. The average Bonchev–Trinajstić information content (AvgIpc) is 2.80. The Labute approximate surface area is 94.3 Å². The third-order valence-electron chi connectivity index (χ3n) is 2.18. The van der Waals surface area contributed by atoms with Gasteiger partial charge in [-0.15, -0.1) is 11.8 Å². The van der Waals surface area contributed by atoms with Gasteiger partial charge in [0, 0.05) is 11.3 Å². The third kappa shape index (κ3) is 3.01. The Kier molecular flexibility index (Phi) is 3.69. The lowest BCUT2D eigenvalue weighted by molar-refractivity contribution is 0.0907. The summed E-state index contributed by atoms with van der Waals surface area (Å²) in [7, 11) is 0. The number of hydrogen-bond donors (Lipinski definition) is 0. The summed E-state index contributed by atoms with van der Waals surface area (Å²) < 4.78 is 11.0. The number of ether oxygens (including phenoxy) is 2. The van der Waals surface area contributed by atoms with E-state index in [0.29, 0.717) is 12.4 Å². The zero-order valence-corrected chi connectivity index (χ0v) is 9.33. The molecule has 2 rings (SSSR count). The van der Waals surface area contributed by atoms with Gasteiger partial charge in [0.2, 0.25) is 0 Å². The predicted octanol–water partition coefficient (Wildman–Crippen LogP) is 2.76. The molecule has 1 atom stereocenters. The SMILES string of the molecule is C=C(OCC1OCCS1)c1ccccc1. The molecule has 0 N–H and O–H groups in total. The lowest BCUT2D eigenvalue weighted by Crippen LogP contribution is -2.10. The topological polar surface area (TPSA) is 18.5 Å². The van der Waals surface area contributed by atoms with Crippen LogP contribution in [0.15, 0.2) is 36.9 Å². The number of rotatable bonds is 4. The number of hydrogen-bond acceptors (Lipinski definition) is 3. The van der Waals surface area contributed by atoms with E-state index in [1.54, 1.807) is 11.8 Å². The van der Waals surface area contributed by atoms with E-state index in [2.05, 4.69) is 6.58 Å². The van der Waals surface area contributed by atoms with E-state index < -0.39 is 0 Å². The van der Waals surface area contributed by atoms with Gasteiger partial charge in [0.1, 0.15) is 17.8 Å². The first-order chi connectivity index (χ1) is 7.36. The molecular weight excluding hydrogens is 208 g/mol. The molecule has 2 nitrogen and oxygen atoms in total. The van der Waals surface area contributed by atoms with Crippen LogP contribution in [0.5, 0.6) is 0 Å². The first kappa shape index (κ1) is 10.6. The minimum absolute atomic E-state index is 0.172. The Morgan fingerprint density at radius 3 is 2.93 bits per heavy atom. The fourth-order valence-electron chi connectivity index (χ4n) is 1.38. The van der Waals surface area contributed by atoms with E-state index in [1.807, 2.05) is 30.3 Å². The van der Waals surface area contributed by atoms with Crippen LogP contribution in [0.25, 0.3) is 5.76 Å². The highest BCUT2D eigenvalue weighted by atomic mass is 32.2. The molecule has 15 heavy (non-hydrogen) atoms. The minimum Gasteiger partial charge on any atom is -0.490 e. The lowest BCUT2D eigenvalue weighted by Gasteiger charge is -2.12. The summed E-state index contributed by atoms with van der Waals surface area (Å²) in [5.74, 6) is 1.78. The first-order valence-corrected chi connectivity index (χ1v) is 6.01. The summed E-state index contributed by atoms with van der Waals surface area (Å²) in [6, 6.07) is 9.91. The molecule has 0 amide bonds. The fourth-order valence-corrected chi connectivity index (χ4v) is 2.19. The zero-order valence-electron chi connectivity index (χ0n) is 8.52. The molecule has 1 saturated heterocycles. The largest absolute Gasteiger partial charge is 0.490 e. The molecule has 0 aliphatic carbocycles. The second-order valence-electron chi connectivity index (χ2n) is 3.27. The van der Waals surface area contributed by atoms with Gasteiger partial charge in [-0.05, 0) is 0 Å². The summed E-state index contributed by atoms with van der Waals surface area (Å²) in [6.45, 7) is 5.31. The highest BCUT2D eigenvalue weighted by Crippen LogP contribution is 2.22. The molecule has 80 valence electrons. The van der Waals surface area contributed by atoms with Crippen LogP contribution in [0.2, 0.25) is 0 Å². The number of benzene rings is 1. The first-order valence-electron chi connectivity index (χ1n) is 4.96. The van der Waals surface area contributed by atoms with E-state index in [4.69, 9.17) is 9.47 Å². The second kappa shape index (κ2) is 5.24. The van der Waals surface area contributed by atoms with Crippen LogP contribution in [-0.4, -0.2) is 24.4 Å². The molecule has 1 fully saturated rings. The van der Waals surface area contributed by atoms with Crippen molar-refractivity contribution in [2.24, 2.45) is 0 Å². The molecule has 1 aromatic carbocycles. The van der Waals surface area contributed by atoms with Crippen molar-refractivity contribution in [1.82, 2.24) is 0 Å². The third-order valence-corrected chi connectivity index (χ3v) is 3.23. The van der Waals surface area contributed by atoms with Crippen LogP contribution in [0.1, 0.15) is 5.56 Å². The van der Waals surface area contributed by atoms with Crippen LogP contribution in [-0.2, 0) is 9.47 Å². The van der Waals surface area contributed by atoms with E-state index >= 15 is 0 Å². The highest BCUT2D eigenvalue weighted by molar-refractivity contribution is 8.00. The monoisotopic (exact) mass is 222 g/mol. The molecule has 0 saturated carbocycles. The van der Waals surface area contributed by atoms with Gasteiger partial charge in [-0.2, -0.15) is 0 Å². The minimum atomic E-state index is 0.172. The standard InChI is InChI=1S/C12H14O2S/c1-10(11-5-3-2-4-6-11)14-9-12-13-7-8-15-12/h2-6,12H,1,7-9H2. The molecule has 1 aliphatic heterocycles. The van der Waals surface area contributed by atoms with Crippen molar-refractivity contribution in [2.75, 3.05) is 19.0 Å². The van der Waals surface area contributed by atoms with Gasteiger partial charge in [0.15, 0.2) is 0 Å². The smallest absolute Gasteiger partial charge is 0.137 e. The van der Waals surface area contributed by atoms with Crippen LogP contribution in [0, 0.1) is 0 Å². The molecular formula is C12H14O2S. The molecule has 0 radical (unpaired) electrons. The second-order valence-corrected chi connectivity index (χ2v) is 4.54. The molecule has 0 aromatic heterocycles. The predicted molar refractivity (Wildman–Crippen MR) is 63.6 cm³/mol. The Hall–Kier alpha value is -0.930. The summed E-state index contributed by atoms with van der Waals surface area (Å²) in [5, 5.41) is 0. The molecule has 0 spiro atoms. The van der Waals surface area contributed by atoms with Crippen molar-refractivity contribution in [1.29, 1.82) is 0 Å². The van der Waals surface area contributed by atoms with Crippen molar-refractivity contribution >= 4 is 17.5 Å². The quantitative estimate of drug-likeness (QED) is 0.730.